The van der Waals surface area contributed by atoms with Gasteiger partial charge in [0, 0.05) is 19.1 Å². The second-order valence-electron chi connectivity index (χ2n) is 5.40. The van der Waals surface area contributed by atoms with Gasteiger partial charge in [-0.15, -0.1) is 0 Å². The summed E-state index contributed by atoms with van der Waals surface area (Å²) in [5.41, 5.74) is -0.478. The van der Waals surface area contributed by atoms with E-state index in [0.29, 0.717) is 12.5 Å². The van der Waals surface area contributed by atoms with Crippen LogP contribution in [0.3, 0.4) is 0 Å². The maximum Gasteiger partial charge on any atom is 0.407 e. The van der Waals surface area contributed by atoms with E-state index in [1.165, 1.54) is 0 Å². The molecule has 4 nitrogen and oxygen atoms in total. The Balaban J connectivity index is 4.10. The first-order valence-electron chi connectivity index (χ1n) is 6.41. The largest absolute Gasteiger partial charge is 0.444 e. The van der Waals surface area contributed by atoms with Crippen molar-refractivity contribution in [1.29, 1.82) is 0 Å². The number of aliphatic hydroxyl groups excluding tert-OH is 1. The van der Waals surface area contributed by atoms with E-state index in [1.807, 2.05) is 20.8 Å². The van der Waals surface area contributed by atoms with Crippen LogP contribution in [0.2, 0.25) is 0 Å². The highest BCUT2D eigenvalue weighted by molar-refractivity contribution is 5.67. The van der Waals surface area contributed by atoms with Crippen molar-refractivity contribution in [1.82, 2.24) is 5.32 Å². The smallest absolute Gasteiger partial charge is 0.407 e. The number of carbonyl (C=O) groups is 1. The van der Waals surface area contributed by atoms with E-state index >= 15 is 0 Å². The average Bonchev–Trinajstić information content (AvgIpc) is 2.21. The number of alkyl carbamates (subject to hydrolysis) is 1. The van der Waals surface area contributed by atoms with Gasteiger partial charge in [0.05, 0.1) is 0 Å². The Morgan fingerprint density at radius 3 is 2.12 bits per heavy atom. The maximum atomic E-state index is 11.5. The van der Waals surface area contributed by atoms with Gasteiger partial charge in [-0.25, -0.2) is 4.79 Å². The quantitative estimate of drug-likeness (QED) is 0.756. The third-order valence-electron chi connectivity index (χ3n) is 2.86. The van der Waals surface area contributed by atoms with Crippen molar-refractivity contribution in [3.8, 4) is 0 Å². The van der Waals surface area contributed by atoms with Crippen molar-refractivity contribution in [2.24, 2.45) is 11.8 Å². The van der Waals surface area contributed by atoms with Crippen molar-refractivity contribution in [2.75, 3.05) is 13.2 Å². The molecule has 0 aromatic rings. The Bertz CT molecular complexity index is 219. The van der Waals surface area contributed by atoms with Crippen molar-refractivity contribution >= 4 is 6.09 Å². The number of nitrogens with one attached hydrogen (secondary N) is 1. The Kier molecular flexibility index (Phi) is 7.19. The van der Waals surface area contributed by atoms with Crippen LogP contribution >= 0.6 is 0 Å². The molecule has 0 rings (SSSR count). The van der Waals surface area contributed by atoms with Crippen molar-refractivity contribution in [3.63, 3.8) is 0 Å². The van der Waals surface area contributed by atoms with Crippen molar-refractivity contribution in [2.45, 2.75) is 53.1 Å². The minimum Gasteiger partial charge on any atom is -0.444 e. The maximum absolute atomic E-state index is 11.5. The minimum atomic E-state index is -0.478. The van der Waals surface area contributed by atoms with Crippen LogP contribution < -0.4 is 5.32 Å². The van der Waals surface area contributed by atoms with Gasteiger partial charge in [0.15, 0.2) is 0 Å². The summed E-state index contributed by atoms with van der Waals surface area (Å²) in [6.07, 6.45) is 1.61. The molecule has 1 unspecified atom stereocenters. The van der Waals surface area contributed by atoms with Gasteiger partial charge in [-0.05, 0) is 26.7 Å². The lowest BCUT2D eigenvalue weighted by atomic mass is 9.88. The lowest BCUT2D eigenvalue weighted by molar-refractivity contribution is 0.0499. The first kappa shape index (κ1) is 16.2. The van der Waals surface area contributed by atoms with Crippen LogP contribution in [-0.2, 0) is 4.74 Å². The van der Waals surface area contributed by atoms with Gasteiger partial charge in [-0.3, -0.25) is 0 Å². The van der Waals surface area contributed by atoms with Crippen LogP contribution in [0.25, 0.3) is 0 Å². The lowest BCUT2D eigenvalue weighted by Gasteiger charge is -2.25. The second kappa shape index (κ2) is 7.54. The third-order valence-corrected chi connectivity index (χ3v) is 2.86. The third kappa shape index (κ3) is 7.21. The zero-order valence-corrected chi connectivity index (χ0v) is 11.7. The SMILES string of the molecule is CCC(CC)C(CO)CNC(=O)OC(C)(C)C. The minimum absolute atomic E-state index is 0.0993. The summed E-state index contributed by atoms with van der Waals surface area (Å²) in [6, 6.07) is 0. The first-order chi connectivity index (χ1) is 7.84. The molecule has 102 valence electrons. The normalized spacial score (nSPS) is 13.6. The van der Waals surface area contributed by atoms with Gasteiger partial charge in [-0.1, -0.05) is 26.7 Å². The monoisotopic (exact) mass is 245 g/mol. The van der Waals surface area contributed by atoms with E-state index in [1.54, 1.807) is 0 Å². The summed E-state index contributed by atoms with van der Waals surface area (Å²) in [5, 5.41) is 12.0. The number of aliphatic hydroxyl groups is 1. The molecule has 0 aliphatic rings. The molecule has 4 heteroatoms. The molecule has 0 aliphatic heterocycles. The summed E-state index contributed by atoms with van der Waals surface area (Å²) in [7, 11) is 0. The molecular formula is C13H27NO3. The molecule has 0 aliphatic carbocycles. The Morgan fingerprint density at radius 1 is 1.24 bits per heavy atom. The average molecular weight is 245 g/mol. The van der Waals surface area contributed by atoms with Crippen LogP contribution in [0.4, 0.5) is 4.79 Å². The number of hydrogen-bond acceptors (Lipinski definition) is 3. The summed E-state index contributed by atoms with van der Waals surface area (Å²) in [4.78, 5) is 11.5. The molecule has 0 saturated heterocycles. The van der Waals surface area contributed by atoms with Crippen molar-refractivity contribution in [3.05, 3.63) is 0 Å². The lowest BCUT2D eigenvalue weighted by Crippen LogP contribution is -2.38. The zero-order chi connectivity index (χ0) is 13.5. The standard InChI is InChI=1S/C13H27NO3/c1-6-10(7-2)11(9-15)8-14-12(16)17-13(3,4)5/h10-11,15H,6-9H2,1-5H3,(H,14,16). The predicted molar refractivity (Wildman–Crippen MR) is 68.9 cm³/mol. The summed E-state index contributed by atoms with van der Waals surface area (Å²) >= 11 is 0. The van der Waals surface area contributed by atoms with Crippen LogP contribution in [0.5, 0.6) is 0 Å². The highest BCUT2D eigenvalue weighted by Gasteiger charge is 2.20. The molecule has 1 atom stereocenters. The molecule has 0 aromatic carbocycles. The van der Waals surface area contributed by atoms with E-state index in [2.05, 4.69) is 19.2 Å². The molecule has 17 heavy (non-hydrogen) atoms. The topological polar surface area (TPSA) is 58.6 Å². The van der Waals surface area contributed by atoms with Gasteiger partial charge in [0.1, 0.15) is 5.60 Å². The molecule has 1 amide bonds. The van der Waals surface area contributed by atoms with Gasteiger partial charge in [0.2, 0.25) is 0 Å². The van der Waals surface area contributed by atoms with Crippen LogP contribution in [0.15, 0.2) is 0 Å². The van der Waals surface area contributed by atoms with E-state index in [-0.39, 0.29) is 12.5 Å². The Hall–Kier alpha value is -0.770. The number of carbonyl (C=O) groups excluding carboxylic acids is 1. The zero-order valence-electron chi connectivity index (χ0n) is 11.7. The molecule has 2 N–H and O–H groups in total. The fourth-order valence-electron chi connectivity index (χ4n) is 1.86. The van der Waals surface area contributed by atoms with Gasteiger partial charge in [-0.2, -0.15) is 0 Å². The molecule has 0 fully saturated rings. The summed E-state index contributed by atoms with van der Waals surface area (Å²) < 4.78 is 5.15. The molecule has 0 bridgehead atoms. The number of amides is 1. The number of rotatable bonds is 6. The van der Waals surface area contributed by atoms with Crippen molar-refractivity contribution < 1.29 is 14.6 Å². The molecule has 0 spiro atoms. The predicted octanol–water partition coefficient (Wildman–Crippen LogP) is 2.56. The van der Waals surface area contributed by atoms with E-state index < -0.39 is 11.7 Å². The summed E-state index contributed by atoms with van der Waals surface area (Å²) in [5.74, 6) is 0.549. The van der Waals surface area contributed by atoms with Crippen LogP contribution in [0, 0.1) is 11.8 Å². The highest BCUT2D eigenvalue weighted by Crippen LogP contribution is 2.18. The van der Waals surface area contributed by atoms with Gasteiger partial charge < -0.3 is 15.2 Å². The Labute approximate surface area is 105 Å². The Morgan fingerprint density at radius 2 is 1.76 bits per heavy atom. The van der Waals surface area contributed by atoms with Crippen LogP contribution in [0.1, 0.15) is 47.5 Å². The number of hydrogen-bond donors (Lipinski definition) is 2. The van der Waals surface area contributed by atoms with E-state index in [0.717, 1.165) is 12.8 Å². The summed E-state index contributed by atoms with van der Waals surface area (Å²) in [6.45, 7) is 10.3. The van der Waals surface area contributed by atoms with E-state index in [4.69, 9.17) is 4.74 Å². The fourth-order valence-corrected chi connectivity index (χ4v) is 1.86. The molecule has 0 aromatic heterocycles. The van der Waals surface area contributed by atoms with Gasteiger partial charge >= 0.3 is 6.09 Å². The number of ether oxygens (including phenoxy) is 1. The molecule has 0 saturated carbocycles. The molecule has 0 radical (unpaired) electrons. The van der Waals surface area contributed by atoms with E-state index in [9.17, 15) is 9.90 Å². The van der Waals surface area contributed by atoms with Gasteiger partial charge in [0.25, 0.3) is 0 Å². The second-order valence-corrected chi connectivity index (χ2v) is 5.40. The van der Waals surface area contributed by atoms with Crippen LogP contribution in [-0.4, -0.2) is 30.0 Å². The highest BCUT2D eigenvalue weighted by atomic mass is 16.6. The fraction of sp³-hybridized carbons (Fsp3) is 0.923. The first-order valence-corrected chi connectivity index (χ1v) is 6.41. The molecule has 0 heterocycles. The molecular weight excluding hydrogens is 218 g/mol.